The molecule has 1 fully saturated rings. The van der Waals surface area contributed by atoms with Crippen LogP contribution in [-0.2, 0) is 0 Å². The first-order valence-corrected chi connectivity index (χ1v) is 8.40. The van der Waals surface area contributed by atoms with Gasteiger partial charge >= 0.3 is 0 Å². The lowest BCUT2D eigenvalue weighted by Crippen LogP contribution is -2.38. The van der Waals surface area contributed by atoms with Gasteiger partial charge in [0, 0.05) is 37.7 Å². The second-order valence-electron chi connectivity index (χ2n) is 5.94. The summed E-state index contributed by atoms with van der Waals surface area (Å²) in [6.45, 7) is 2.41. The van der Waals surface area contributed by atoms with Crippen molar-refractivity contribution in [2.75, 3.05) is 24.5 Å². The zero-order valence-electron chi connectivity index (χ0n) is 13.2. The minimum absolute atomic E-state index is 0.0756. The minimum Gasteiger partial charge on any atom is -0.371 e. The van der Waals surface area contributed by atoms with Crippen LogP contribution in [0.5, 0.6) is 0 Å². The maximum absolute atomic E-state index is 13.7. The quantitative estimate of drug-likeness (QED) is 0.920. The molecule has 1 aromatic heterocycles. The molecule has 0 atom stereocenters. The number of hydrogen-bond donors (Lipinski definition) is 1. The van der Waals surface area contributed by atoms with Crippen LogP contribution in [0.1, 0.15) is 23.2 Å². The molecule has 0 aliphatic carbocycles. The Morgan fingerprint density at radius 1 is 1.25 bits per heavy atom. The monoisotopic (exact) mass is 347 g/mol. The fraction of sp³-hybridized carbons (Fsp3) is 0.333. The molecule has 3 rings (SSSR count). The largest absolute Gasteiger partial charge is 0.371 e. The first-order valence-electron chi connectivity index (χ1n) is 8.02. The average Bonchev–Trinajstić information content (AvgIpc) is 2.61. The van der Waals surface area contributed by atoms with E-state index in [0.29, 0.717) is 12.5 Å². The second-order valence-corrected chi connectivity index (χ2v) is 6.35. The minimum atomic E-state index is -0.590. The van der Waals surface area contributed by atoms with E-state index in [2.05, 4.69) is 15.2 Å². The van der Waals surface area contributed by atoms with Crippen molar-refractivity contribution in [3.63, 3.8) is 0 Å². The molecular weight excluding hydrogens is 329 g/mol. The molecule has 126 valence electrons. The Kier molecular flexibility index (Phi) is 5.30. The summed E-state index contributed by atoms with van der Waals surface area (Å²) < 4.78 is 13.7. The third kappa shape index (κ3) is 3.85. The Bertz CT molecular complexity index is 682. The van der Waals surface area contributed by atoms with Crippen molar-refractivity contribution in [1.29, 1.82) is 0 Å². The summed E-state index contributed by atoms with van der Waals surface area (Å²) in [7, 11) is 0. The van der Waals surface area contributed by atoms with Crippen LogP contribution in [0, 0.1) is 11.7 Å². The van der Waals surface area contributed by atoms with Gasteiger partial charge in [-0.2, -0.15) is 0 Å². The van der Waals surface area contributed by atoms with Gasteiger partial charge in [-0.25, -0.2) is 4.39 Å². The summed E-state index contributed by atoms with van der Waals surface area (Å²) in [5.41, 5.74) is 1.10. The number of nitrogens with zero attached hydrogens (tertiary/aromatic N) is 2. The summed E-state index contributed by atoms with van der Waals surface area (Å²) in [4.78, 5) is 18.5. The van der Waals surface area contributed by atoms with Gasteiger partial charge in [-0.3, -0.25) is 9.78 Å². The van der Waals surface area contributed by atoms with Gasteiger partial charge in [0.1, 0.15) is 5.82 Å². The summed E-state index contributed by atoms with van der Waals surface area (Å²) in [5, 5.41) is 2.95. The second kappa shape index (κ2) is 7.62. The molecule has 1 amide bonds. The topological polar surface area (TPSA) is 45.2 Å². The Morgan fingerprint density at radius 2 is 1.96 bits per heavy atom. The number of carbonyl (C=O) groups excluding carboxylic acids is 1. The van der Waals surface area contributed by atoms with E-state index < -0.39 is 11.7 Å². The number of nitrogens with one attached hydrogen (secondary N) is 1. The summed E-state index contributed by atoms with van der Waals surface area (Å²) in [5.74, 6) is -0.653. The summed E-state index contributed by atoms with van der Waals surface area (Å²) >= 11 is 5.92. The molecule has 0 spiro atoms. The highest BCUT2D eigenvalue weighted by molar-refractivity contribution is 6.33. The first kappa shape index (κ1) is 16.7. The van der Waals surface area contributed by atoms with Gasteiger partial charge in [-0.05, 0) is 43.0 Å². The van der Waals surface area contributed by atoms with E-state index in [4.69, 9.17) is 11.6 Å². The Labute approximate surface area is 145 Å². The third-order valence-electron chi connectivity index (χ3n) is 4.38. The summed E-state index contributed by atoms with van der Waals surface area (Å²) in [6.07, 6.45) is 5.54. The number of aromatic nitrogens is 1. The van der Waals surface area contributed by atoms with Crippen LogP contribution in [0.3, 0.4) is 0 Å². The van der Waals surface area contributed by atoms with E-state index in [1.54, 1.807) is 12.4 Å². The van der Waals surface area contributed by atoms with Gasteiger partial charge in [0.2, 0.25) is 0 Å². The predicted molar refractivity (Wildman–Crippen MR) is 92.9 cm³/mol. The van der Waals surface area contributed by atoms with Crippen LogP contribution in [-0.4, -0.2) is 30.5 Å². The molecule has 24 heavy (non-hydrogen) atoms. The molecule has 2 aromatic rings. The molecule has 1 saturated heterocycles. The van der Waals surface area contributed by atoms with E-state index >= 15 is 0 Å². The Morgan fingerprint density at radius 3 is 2.62 bits per heavy atom. The SMILES string of the molecule is O=C(NCC1CCN(c2ccncc2)CC1)c1c(F)cccc1Cl. The summed E-state index contributed by atoms with van der Waals surface area (Å²) in [6, 6.07) is 8.26. The van der Waals surface area contributed by atoms with Gasteiger partial charge in [-0.1, -0.05) is 17.7 Å². The molecule has 0 unspecified atom stereocenters. The molecule has 0 radical (unpaired) electrons. The van der Waals surface area contributed by atoms with E-state index in [-0.39, 0.29) is 10.6 Å². The number of amides is 1. The molecule has 1 N–H and O–H groups in total. The number of anilines is 1. The molecule has 2 heterocycles. The molecule has 1 aliphatic heterocycles. The van der Waals surface area contributed by atoms with Crippen LogP contribution < -0.4 is 10.2 Å². The van der Waals surface area contributed by atoms with E-state index in [1.807, 2.05) is 12.1 Å². The lowest BCUT2D eigenvalue weighted by atomic mass is 9.96. The lowest BCUT2D eigenvalue weighted by Gasteiger charge is -2.33. The zero-order chi connectivity index (χ0) is 16.9. The number of pyridine rings is 1. The van der Waals surface area contributed by atoms with Crippen molar-refractivity contribution >= 4 is 23.2 Å². The van der Waals surface area contributed by atoms with Gasteiger partial charge < -0.3 is 10.2 Å². The standard InChI is InChI=1S/C18H19ClFN3O/c19-15-2-1-3-16(20)17(15)18(24)22-12-13-6-10-23(11-7-13)14-4-8-21-9-5-14/h1-5,8-9,13H,6-7,10-12H2,(H,22,24). The van der Waals surface area contributed by atoms with Crippen LogP contribution in [0.4, 0.5) is 10.1 Å². The van der Waals surface area contributed by atoms with Crippen LogP contribution in [0.15, 0.2) is 42.7 Å². The molecule has 0 bridgehead atoms. The lowest BCUT2D eigenvalue weighted by molar-refractivity contribution is 0.0941. The zero-order valence-corrected chi connectivity index (χ0v) is 14.0. The molecule has 1 aliphatic rings. The fourth-order valence-electron chi connectivity index (χ4n) is 2.99. The van der Waals surface area contributed by atoms with Crippen molar-refractivity contribution in [2.24, 2.45) is 5.92 Å². The smallest absolute Gasteiger partial charge is 0.255 e. The van der Waals surface area contributed by atoms with Crippen molar-refractivity contribution < 1.29 is 9.18 Å². The number of carbonyl (C=O) groups is 1. The van der Waals surface area contributed by atoms with Gasteiger partial charge in [0.25, 0.3) is 5.91 Å². The van der Waals surface area contributed by atoms with Gasteiger partial charge in [-0.15, -0.1) is 0 Å². The predicted octanol–water partition coefficient (Wildman–Crippen LogP) is 3.52. The highest BCUT2D eigenvalue weighted by Gasteiger charge is 2.21. The van der Waals surface area contributed by atoms with Crippen LogP contribution in [0.25, 0.3) is 0 Å². The van der Waals surface area contributed by atoms with Crippen LogP contribution >= 0.6 is 11.6 Å². The maximum Gasteiger partial charge on any atom is 0.255 e. The molecule has 0 saturated carbocycles. The van der Waals surface area contributed by atoms with Crippen LogP contribution in [0.2, 0.25) is 5.02 Å². The van der Waals surface area contributed by atoms with E-state index in [9.17, 15) is 9.18 Å². The normalized spacial score (nSPS) is 15.3. The van der Waals surface area contributed by atoms with Gasteiger partial charge in [0.15, 0.2) is 0 Å². The van der Waals surface area contributed by atoms with Gasteiger partial charge in [0.05, 0.1) is 10.6 Å². The Balaban J connectivity index is 1.51. The van der Waals surface area contributed by atoms with E-state index in [1.165, 1.54) is 23.9 Å². The molecule has 6 heteroatoms. The number of rotatable bonds is 4. The fourth-order valence-corrected chi connectivity index (χ4v) is 3.24. The third-order valence-corrected chi connectivity index (χ3v) is 4.70. The first-order chi connectivity index (χ1) is 11.6. The maximum atomic E-state index is 13.7. The average molecular weight is 348 g/mol. The van der Waals surface area contributed by atoms with E-state index in [0.717, 1.165) is 25.9 Å². The number of halogens is 2. The van der Waals surface area contributed by atoms with Crippen molar-refractivity contribution in [1.82, 2.24) is 10.3 Å². The molecule has 1 aromatic carbocycles. The molecule has 4 nitrogen and oxygen atoms in total. The van der Waals surface area contributed by atoms with Crippen molar-refractivity contribution in [3.05, 3.63) is 59.1 Å². The number of hydrogen-bond acceptors (Lipinski definition) is 3. The molecular formula is C18H19ClFN3O. The number of benzene rings is 1. The number of piperidine rings is 1. The van der Waals surface area contributed by atoms with Crippen molar-refractivity contribution in [2.45, 2.75) is 12.8 Å². The Hall–Kier alpha value is -2.14. The van der Waals surface area contributed by atoms with Crippen molar-refractivity contribution in [3.8, 4) is 0 Å². The highest BCUT2D eigenvalue weighted by atomic mass is 35.5. The highest BCUT2D eigenvalue weighted by Crippen LogP contribution is 2.23.